The van der Waals surface area contributed by atoms with Crippen LogP contribution in [0.5, 0.6) is 0 Å². The first kappa shape index (κ1) is 15.7. The SMILES string of the molecule is CCCNCc1cc(CN(CC)Cc2ccncc2)on1. The van der Waals surface area contributed by atoms with Crippen molar-refractivity contribution in [1.29, 1.82) is 0 Å². The van der Waals surface area contributed by atoms with Crippen LogP contribution in [0, 0.1) is 0 Å². The van der Waals surface area contributed by atoms with Crippen molar-refractivity contribution in [2.24, 2.45) is 0 Å². The molecule has 2 rings (SSSR count). The molecule has 0 unspecified atom stereocenters. The zero-order valence-electron chi connectivity index (χ0n) is 12.9. The van der Waals surface area contributed by atoms with Crippen LogP contribution in [0.2, 0.25) is 0 Å². The van der Waals surface area contributed by atoms with E-state index in [1.807, 2.05) is 30.6 Å². The lowest BCUT2D eigenvalue weighted by Gasteiger charge is -2.18. The van der Waals surface area contributed by atoms with E-state index in [2.05, 4.69) is 34.2 Å². The minimum Gasteiger partial charge on any atom is -0.360 e. The van der Waals surface area contributed by atoms with E-state index in [4.69, 9.17) is 4.52 Å². The standard InChI is InChI=1S/C16H24N4O/c1-3-7-18-11-15-10-16(21-19-15)13-20(4-2)12-14-5-8-17-9-6-14/h5-6,8-10,18H,3-4,7,11-13H2,1-2H3. The molecule has 2 aromatic heterocycles. The molecule has 0 aliphatic heterocycles. The van der Waals surface area contributed by atoms with Crippen molar-refractivity contribution in [3.05, 3.63) is 47.6 Å². The highest BCUT2D eigenvalue weighted by Crippen LogP contribution is 2.10. The Kier molecular flexibility index (Phi) is 6.37. The van der Waals surface area contributed by atoms with Crippen LogP contribution in [0.15, 0.2) is 35.1 Å². The molecule has 114 valence electrons. The molecule has 0 atom stereocenters. The van der Waals surface area contributed by atoms with Gasteiger partial charge in [-0.05, 0) is 37.2 Å². The lowest BCUT2D eigenvalue weighted by molar-refractivity contribution is 0.233. The molecular formula is C16H24N4O. The van der Waals surface area contributed by atoms with E-state index < -0.39 is 0 Å². The van der Waals surface area contributed by atoms with Gasteiger partial charge in [0.25, 0.3) is 0 Å². The Morgan fingerprint density at radius 3 is 2.71 bits per heavy atom. The Morgan fingerprint density at radius 1 is 1.19 bits per heavy atom. The first-order valence-corrected chi connectivity index (χ1v) is 7.58. The minimum absolute atomic E-state index is 0.772. The number of nitrogens with zero attached hydrogens (tertiary/aromatic N) is 3. The summed E-state index contributed by atoms with van der Waals surface area (Å²) in [7, 11) is 0. The number of hydrogen-bond acceptors (Lipinski definition) is 5. The molecule has 0 aromatic carbocycles. The van der Waals surface area contributed by atoms with E-state index in [1.54, 1.807) is 0 Å². The van der Waals surface area contributed by atoms with Gasteiger partial charge in [0.05, 0.1) is 12.2 Å². The van der Waals surface area contributed by atoms with Gasteiger partial charge in [-0.1, -0.05) is 19.0 Å². The number of hydrogen-bond donors (Lipinski definition) is 1. The second kappa shape index (κ2) is 8.54. The van der Waals surface area contributed by atoms with Gasteiger partial charge in [-0.15, -0.1) is 0 Å². The largest absolute Gasteiger partial charge is 0.360 e. The summed E-state index contributed by atoms with van der Waals surface area (Å²) in [4.78, 5) is 6.37. The van der Waals surface area contributed by atoms with Crippen molar-refractivity contribution >= 4 is 0 Å². The Hall–Kier alpha value is -1.72. The molecule has 0 bridgehead atoms. The monoisotopic (exact) mass is 288 g/mol. The van der Waals surface area contributed by atoms with Crippen LogP contribution in [-0.4, -0.2) is 28.1 Å². The fraction of sp³-hybridized carbons (Fsp3) is 0.500. The van der Waals surface area contributed by atoms with Crippen LogP contribution in [-0.2, 0) is 19.6 Å². The maximum absolute atomic E-state index is 5.42. The lowest BCUT2D eigenvalue weighted by atomic mass is 10.2. The van der Waals surface area contributed by atoms with Gasteiger partial charge in [-0.3, -0.25) is 9.88 Å². The maximum Gasteiger partial charge on any atom is 0.151 e. The third-order valence-corrected chi connectivity index (χ3v) is 3.32. The summed E-state index contributed by atoms with van der Waals surface area (Å²) in [5.41, 5.74) is 2.23. The second-order valence-corrected chi connectivity index (χ2v) is 5.12. The quantitative estimate of drug-likeness (QED) is 0.719. The van der Waals surface area contributed by atoms with Crippen molar-refractivity contribution in [3.63, 3.8) is 0 Å². The molecule has 0 aliphatic rings. The maximum atomic E-state index is 5.42. The topological polar surface area (TPSA) is 54.2 Å². The van der Waals surface area contributed by atoms with Crippen LogP contribution >= 0.6 is 0 Å². The number of pyridine rings is 1. The van der Waals surface area contributed by atoms with Crippen LogP contribution < -0.4 is 5.32 Å². The highest BCUT2D eigenvalue weighted by atomic mass is 16.5. The van der Waals surface area contributed by atoms with Crippen LogP contribution in [0.25, 0.3) is 0 Å². The normalized spacial score (nSPS) is 11.2. The molecule has 2 aromatic rings. The predicted molar refractivity (Wildman–Crippen MR) is 82.5 cm³/mol. The Labute approximate surface area is 126 Å². The number of rotatable bonds is 9. The summed E-state index contributed by atoms with van der Waals surface area (Å²) >= 11 is 0. The van der Waals surface area contributed by atoms with Crippen molar-refractivity contribution in [2.75, 3.05) is 13.1 Å². The predicted octanol–water partition coefficient (Wildman–Crippen LogP) is 2.59. The molecule has 21 heavy (non-hydrogen) atoms. The van der Waals surface area contributed by atoms with E-state index in [0.717, 1.165) is 50.6 Å². The smallest absolute Gasteiger partial charge is 0.151 e. The first-order chi connectivity index (χ1) is 10.3. The van der Waals surface area contributed by atoms with Gasteiger partial charge in [0.2, 0.25) is 0 Å². The highest BCUT2D eigenvalue weighted by molar-refractivity contribution is 5.10. The second-order valence-electron chi connectivity index (χ2n) is 5.12. The van der Waals surface area contributed by atoms with Crippen molar-refractivity contribution in [1.82, 2.24) is 20.4 Å². The molecule has 1 N–H and O–H groups in total. The molecule has 0 amide bonds. The van der Waals surface area contributed by atoms with E-state index in [-0.39, 0.29) is 0 Å². The molecule has 0 fully saturated rings. The van der Waals surface area contributed by atoms with Gasteiger partial charge in [0, 0.05) is 31.5 Å². The minimum atomic E-state index is 0.772. The average molecular weight is 288 g/mol. The lowest BCUT2D eigenvalue weighted by Crippen LogP contribution is -2.22. The van der Waals surface area contributed by atoms with Crippen molar-refractivity contribution in [3.8, 4) is 0 Å². The van der Waals surface area contributed by atoms with Gasteiger partial charge in [-0.2, -0.15) is 0 Å². The summed E-state index contributed by atoms with van der Waals surface area (Å²) < 4.78 is 5.42. The Bertz CT molecular complexity index is 512. The molecule has 0 aliphatic carbocycles. The molecule has 5 nitrogen and oxygen atoms in total. The van der Waals surface area contributed by atoms with Crippen LogP contribution in [0.3, 0.4) is 0 Å². The summed E-state index contributed by atoms with van der Waals surface area (Å²) in [6.07, 6.45) is 4.78. The summed E-state index contributed by atoms with van der Waals surface area (Å²) in [6, 6.07) is 6.13. The Morgan fingerprint density at radius 2 is 2.00 bits per heavy atom. The van der Waals surface area contributed by atoms with Crippen molar-refractivity contribution in [2.45, 2.75) is 39.9 Å². The average Bonchev–Trinajstić information content (AvgIpc) is 2.95. The number of nitrogens with one attached hydrogen (secondary N) is 1. The van der Waals surface area contributed by atoms with E-state index in [9.17, 15) is 0 Å². The molecule has 0 saturated carbocycles. The Balaban J connectivity index is 1.86. The summed E-state index contributed by atoms with van der Waals surface area (Å²) in [6.45, 7) is 8.72. The molecule has 0 spiro atoms. The molecule has 0 saturated heterocycles. The zero-order chi connectivity index (χ0) is 14.9. The number of aromatic nitrogens is 2. The summed E-state index contributed by atoms with van der Waals surface area (Å²) in [5.74, 6) is 0.916. The van der Waals surface area contributed by atoms with E-state index >= 15 is 0 Å². The van der Waals surface area contributed by atoms with Crippen LogP contribution in [0.4, 0.5) is 0 Å². The van der Waals surface area contributed by atoms with Crippen molar-refractivity contribution < 1.29 is 4.52 Å². The molecule has 0 radical (unpaired) electrons. The third-order valence-electron chi connectivity index (χ3n) is 3.32. The fourth-order valence-corrected chi connectivity index (χ4v) is 2.15. The van der Waals surface area contributed by atoms with E-state index in [1.165, 1.54) is 5.56 Å². The third kappa shape index (κ3) is 5.28. The van der Waals surface area contributed by atoms with Gasteiger partial charge >= 0.3 is 0 Å². The zero-order valence-corrected chi connectivity index (χ0v) is 12.9. The fourth-order valence-electron chi connectivity index (χ4n) is 2.15. The molecular weight excluding hydrogens is 264 g/mol. The summed E-state index contributed by atoms with van der Waals surface area (Å²) in [5, 5.41) is 7.44. The highest BCUT2D eigenvalue weighted by Gasteiger charge is 2.09. The van der Waals surface area contributed by atoms with Gasteiger partial charge in [0.15, 0.2) is 5.76 Å². The molecule has 2 heterocycles. The van der Waals surface area contributed by atoms with Gasteiger partial charge < -0.3 is 9.84 Å². The van der Waals surface area contributed by atoms with Gasteiger partial charge in [-0.25, -0.2) is 0 Å². The first-order valence-electron chi connectivity index (χ1n) is 7.58. The van der Waals surface area contributed by atoms with Crippen LogP contribution in [0.1, 0.15) is 37.3 Å². The van der Waals surface area contributed by atoms with E-state index in [0.29, 0.717) is 0 Å². The molecule has 5 heteroatoms. The van der Waals surface area contributed by atoms with Gasteiger partial charge in [0.1, 0.15) is 0 Å².